The number of methoxy groups -OCH3 is 1. The highest BCUT2D eigenvalue weighted by Gasteiger charge is 2.46. The number of halogens is 3. The summed E-state index contributed by atoms with van der Waals surface area (Å²) in [7, 11) is 1.57. The van der Waals surface area contributed by atoms with Crippen molar-refractivity contribution in [2.75, 3.05) is 7.11 Å². The van der Waals surface area contributed by atoms with Gasteiger partial charge >= 0.3 is 11.8 Å². The lowest BCUT2D eigenvalue weighted by molar-refractivity contribution is -0.139. The Morgan fingerprint density at radius 2 is 1.79 bits per heavy atom. The molecular formula is C28H22F3NO5S. The number of alkyl halides is 3. The fraction of sp³-hybridized carbons (Fsp3) is 0.286. The van der Waals surface area contributed by atoms with Gasteiger partial charge in [0.1, 0.15) is 21.6 Å². The SMILES string of the molecule is COc1ccc2c(c1)C1(CCCCC1)c1cc3oc(=O)c(Sc4ccccc4C(F)(F)F)c(O)c3c(=O)n1-2. The highest BCUT2D eigenvalue weighted by Crippen LogP contribution is 2.52. The average molecular weight is 542 g/mol. The average Bonchev–Trinajstić information content (AvgIpc) is 3.15. The van der Waals surface area contributed by atoms with Crippen LogP contribution in [0.15, 0.2) is 72.3 Å². The van der Waals surface area contributed by atoms with Crippen LogP contribution in [0.2, 0.25) is 0 Å². The van der Waals surface area contributed by atoms with E-state index in [1.807, 2.05) is 6.07 Å². The Bertz CT molecular complexity index is 1720. The molecule has 38 heavy (non-hydrogen) atoms. The van der Waals surface area contributed by atoms with E-state index in [1.54, 1.807) is 25.3 Å². The van der Waals surface area contributed by atoms with Crippen LogP contribution in [-0.4, -0.2) is 16.8 Å². The van der Waals surface area contributed by atoms with Gasteiger partial charge in [-0.2, -0.15) is 13.2 Å². The summed E-state index contributed by atoms with van der Waals surface area (Å²) in [6, 6.07) is 11.8. The molecule has 1 fully saturated rings. The van der Waals surface area contributed by atoms with E-state index in [4.69, 9.17) is 9.15 Å². The molecule has 2 aromatic carbocycles. The summed E-state index contributed by atoms with van der Waals surface area (Å²) in [6.45, 7) is 0. The Kier molecular flexibility index (Phi) is 5.64. The van der Waals surface area contributed by atoms with Crippen molar-refractivity contribution in [2.45, 2.75) is 53.5 Å². The Morgan fingerprint density at radius 3 is 2.50 bits per heavy atom. The molecule has 1 saturated carbocycles. The third-order valence-corrected chi connectivity index (χ3v) is 8.71. The van der Waals surface area contributed by atoms with Crippen molar-refractivity contribution in [3.8, 4) is 17.2 Å². The smallest absolute Gasteiger partial charge is 0.417 e. The zero-order valence-corrected chi connectivity index (χ0v) is 21.0. The van der Waals surface area contributed by atoms with Gasteiger partial charge < -0.3 is 14.3 Å². The second-order valence-corrected chi connectivity index (χ2v) is 10.7. The Balaban J connectivity index is 1.60. The summed E-state index contributed by atoms with van der Waals surface area (Å²) in [6.07, 6.45) is -0.129. The number of ether oxygens (including phenoxy) is 1. The molecule has 3 heterocycles. The zero-order chi connectivity index (χ0) is 26.8. The van der Waals surface area contributed by atoms with Crippen LogP contribution in [0.5, 0.6) is 11.5 Å². The lowest BCUT2D eigenvalue weighted by Gasteiger charge is -2.34. The molecule has 1 aliphatic heterocycles. The quantitative estimate of drug-likeness (QED) is 0.324. The topological polar surface area (TPSA) is 81.7 Å². The summed E-state index contributed by atoms with van der Waals surface area (Å²) < 4.78 is 53.1. The number of aromatic nitrogens is 1. The van der Waals surface area contributed by atoms with Crippen LogP contribution in [0.25, 0.3) is 16.7 Å². The number of hydrogen-bond donors (Lipinski definition) is 1. The first kappa shape index (κ1) is 24.7. The third-order valence-electron chi connectivity index (χ3n) is 7.57. The number of pyridine rings is 1. The van der Waals surface area contributed by atoms with Crippen LogP contribution in [0, 0.1) is 0 Å². The van der Waals surface area contributed by atoms with E-state index in [1.165, 1.54) is 22.8 Å². The Morgan fingerprint density at radius 1 is 1.05 bits per heavy atom. The third kappa shape index (κ3) is 3.57. The van der Waals surface area contributed by atoms with E-state index in [0.717, 1.165) is 43.7 Å². The zero-order valence-electron chi connectivity index (χ0n) is 20.2. The van der Waals surface area contributed by atoms with Crippen LogP contribution in [0.3, 0.4) is 0 Å². The van der Waals surface area contributed by atoms with E-state index in [9.17, 15) is 27.9 Å². The van der Waals surface area contributed by atoms with Crippen LogP contribution in [0.1, 0.15) is 48.9 Å². The number of rotatable bonds is 3. The molecular weight excluding hydrogens is 519 g/mol. The molecule has 0 unspecified atom stereocenters. The highest BCUT2D eigenvalue weighted by atomic mass is 32.2. The van der Waals surface area contributed by atoms with Crippen LogP contribution < -0.4 is 15.9 Å². The summed E-state index contributed by atoms with van der Waals surface area (Å²) in [5.41, 5.74) is -0.907. The normalized spacial score (nSPS) is 16.0. The molecule has 2 aliphatic rings. The van der Waals surface area contributed by atoms with Gasteiger partial charge in [-0.1, -0.05) is 43.2 Å². The molecule has 0 amide bonds. The maximum Gasteiger partial charge on any atom is 0.417 e. The first-order valence-corrected chi connectivity index (χ1v) is 13.0. The first-order chi connectivity index (χ1) is 18.2. The lowest BCUT2D eigenvalue weighted by Crippen LogP contribution is -2.31. The lowest BCUT2D eigenvalue weighted by atomic mass is 9.68. The van der Waals surface area contributed by atoms with Gasteiger partial charge in [0, 0.05) is 22.1 Å². The van der Waals surface area contributed by atoms with Crippen LogP contribution >= 0.6 is 11.8 Å². The van der Waals surface area contributed by atoms with Gasteiger partial charge in [0.2, 0.25) is 0 Å². The molecule has 0 bridgehead atoms. The number of fused-ring (bicyclic) bond motifs is 6. The monoisotopic (exact) mass is 541 g/mol. The van der Waals surface area contributed by atoms with E-state index >= 15 is 0 Å². The van der Waals surface area contributed by atoms with Gasteiger partial charge in [-0.3, -0.25) is 9.36 Å². The minimum absolute atomic E-state index is 0.0954. The van der Waals surface area contributed by atoms with Crippen LogP contribution in [-0.2, 0) is 11.6 Å². The van der Waals surface area contributed by atoms with Crippen molar-refractivity contribution in [1.29, 1.82) is 0 Å². The van der Waals surface area contributed by atoms with E-state index in [-0.39, 0.29) is 15.9 Å². The van der Waals surface area contributed by atoms with Gasteiger partial charge in [-0.25, -0.2) is 4.79 Å². The number of nitrogens with zero attached hydrogens (tertiary/aromatic N) is 1. The molecule has 6 nitrogen and oxygen atoms in total. The van der Waals surface area contributed by atoms with E-state index < -0.39 is 39.0 Å². The van der Waals surface area contributed by atoms with Gasteiger partial charge in [0.15, 0.2) is 5.75 Å². The molecule has 10 heteroatoms. The largest absolute Gasteiger partial charge is 0.505 e. The van der Waals surface area contributed by atoms with Crippen molar-refractivity contribution < 1.29 is 27.4 Å². The number of hydrogen-bond acceptors (Lipinski definition) is 6. The molecule has 1 N–H and O–H groups in total. The molecule has 1 spiro atoms. The molecule has 0 radical (unpaired) electrons. The summed E-state index contributed by atoms with van der Waals surface area (Å²) in [4.78, 5) is 26.1. The van der Waals surface area contributed by atoms with Crippen molar-refractivity contribution in [1.82, 2.24) is 4.57 Å². The summed E-state index contributed by atoms with van der Waals surface area (Å²) >= 11 is 0.422. The van der Waals surface area contributed by atoms with Crippen molar-refractivity contribution in [3.63, 3.8) is 0 Å². The molecule has 4 aromatic rings. The second-order valence-electron chi connectivity index (χ2n) is 9.60. The standard InChI is InChI=1S/C28H22F3NO5S/c1-36-15-9-10-18-17(13-15)27(11-5-2-6-12-27)21-14-19-22(25(34)32(18)21)23(33)24(26(35)37-19)38-20-8-4-3-7-16(20)28(29,30)31/h3-4,7-10,13-14,33H,2,5-6,11-12H2,1H3. The second kappa shape index (κ2) is 8.69. The maximum atomic E-state index is 13.9. The van der Waals surface area contributed by atoms with Crippen molar-refractivity contribution in [3.05, 3.63) is 86.1 Å². The highest BCUT2D eigenvalue weighted by molar-refractivity contribution is 7.99. The van der Waals surface area contributed by atoms with Crippen LogP contribution in [0.4, 0.5) is 13.2 Å². The number of benzene rings is 2. The molecule has 2 aromatic heterocycles. The maximum absolute atomic E-state index is 13.9. The van der Waals surface area contributed by atoms with E-state index in [0.29, 0.717) is 28.9 Å². The molecule has 6 rings (SSSR count). The van der Waals surface area contributed by atoms with Crippen molar-refractivity contribution >= 4 is 22.7 Å². The molecule has 196 valence electrons. The van der Waals surface area contributed by atoms with Gasteiger partial charge in [0.25, 0.3) is 5.56 Å². The van der Waals surface area contributed by atoms with Crippen molar-refractivity contribution in [2.24, 2.45) is 0 Å². The predicted octanol–water partition coefficient (Wildman–Crippen LogP) is 6.39. The molecule has 0 saturated heterocycles. The van der Waals surface area contributed by atoms with Gasteiger partial charge in [-0.15, -0.1) is 0 Å². The van der Waals surface area contributed by atoms with Gasteiger partial charge in [-0.05, 0) is 48.7 Å². The van der Waals surface area contributed by atoms with Gasteiger partial charge in [0.05, 0.1) is 18.4 Å². The fourth-order valence-corrected chi connectivity index (χ4v) is 6.85. The van der Waals surface area contributed by atoms with E-state index in [2.05, 4.69) is 0 Å². The summed E-state index contributed by atoms with van der Waals surface area (Å²) in [5.74, 6) is -0.0475. The number of aromatic hydroxyl groups is 1. The molecule has 1 aliphatic carbocycles. The molecule has 0 atom stereocenters. The Hall–Kier alpha value is -3.66. The predicted molar refractivity (Wildman–Crippen MR) is 136 cm³/mol. The summed E-state index contributed by atoms with van der Waals surface area (Å²) in [5, 5.41) is 10.9. The minimum atomic E-state index is -4.67. The fourth-order valence-electron chi connectivity index (χ4n) is 5.86. The Labute approximate surface area is 218 Å². The minimum Gasteiger partial charge on any atom is -0.505 e. The first-order valence-electron chi connectivity index (χ1n) is 12.1.